The summed E-state index contributed by atoms with van der Waals surface area (Å²) >= 11 is 0. The lowest BCUT2D eigenvalue weighted by Crippen LogP contribution is -2.38. The van der Waals surface area contributed by atoms with Gasteiger partial charge in [-0.3, -0.25) is 4.79 Å². The molecule has 1 saturated heterocycles. The number of piperidine rings is 1. The standard InChI is InChI=1S/C21H24N2O/c1-16-6-8-18(9-7-16)10-11-19-4-3-5-20(22-19)21(24)23-14-12-17(2)13-15-23/h3-11,17H,12-15H2,1-2H3/b11-10+. The Morgan fingerprint density at radius 2 is 1.79 bits per heavy atom. The van der Waals surface area contributed by atoms with Gasteiger partial charge in [0.1, 0.15) is 5.69 Å². The topological polar surface area (TPSA) is 33.2 Å². The van der Waals surface area contributed by atoms with Gasteiger partial charge in [0.25, 0.3) is 5.91 Å². The van der Waals surface area contributed by atoms with Gasteiger partial charge >= 0.3 is 0 Å². The van der Waals surface area contributed by atoms with Gasteiger partial charge in [-0.1, -0.05) is 48.9 Å². The molecule has 124 valence electrons. The van der Waals surface area contributed by atoms with Gasteiger partial charge in [0.15, 0.2) is 0 Å². The van der Waals surface area contributed by atoms with E-state index in [2.05, 4.69) is 43.1 Å². The second-order valence-electron chi connectivity index (χ2n) is 6.67. The number of nitrogens with zero attached hydrogens (tertiary/aromatic N) is 2. The first kappa shape index (κ1) is 16.4. The molecular formula is C21H24N2O. The second-order valence-corrected chi connectivity index (χ2v) is 6.67. The Hall–Kier alpha value is -2.42. The van der Waals surface area contributed by atoms with Gasteiger partial charge in [0.05, 0.1) is 5.69 Å². The zero-order chi connectivity index (χ0) is 16.9. The maximum absolute atomic E-state index is 12.6. The van der Waals surface area contributed by atoms with Gasteiger partial charge in [-0.05, 0) is 49.5 Å². The number of amides is 1. The number of benzene rings is 1. The van der Waals surface area contributed by atoms with Crippen LogP contribution >= 0.6 is 0 Å². The third kappa shape index (κ3) is 4.10. The lowest BCUT2D eigenvalue weighted by atomic mass is 9.99. The van der Waals surface area contributed by atoms with Crippen molar-refractivity contribution < 1.29 is 4.79 Å². The van der Waals surface area contributed by atoms with Crippen LogP contribution in [0.5, 0.6) is 0 Å². The Bertz CT molecular complexity index is 726. The molecule has 3 heteroatoms. The number of carbonyl (C=O) groups excluding carboxylic acids is 1. The predicted octanol–water partition coefficient (Wildman–Crippen LogP) is 4.43. The molecule has 0 bridgehead atoms. The second kappa shape index (κ2) is 7.43. The van der Waals surface area contributed by atoms with E-state index in [0.717, 1.165) is 37.2 Å². The number of hydrogen-bond donors (Lipinski definition) is 0. The fourth-order valence-electron chi connectivity index (χ4n) is 2.90. The molecule has 0 radical (unpaired) electrons. The van der Waals surface area contributed by atoms with Crippen molar-refractivity contribution in [3.8, 4) is 0 Å². The summed E-state index contributed by atoms with van der Waals surface area (Å²) in [5.41, 5.74) is 3.72. The number of hydrogen-bond acceptors (Lipinski definition) is 2. The minimum Gasteiger partial charge on any atom is -0.337 e. The smallest absolute Gasteiger partial charge is 0.272 e. The van der Waals surface area contributed by atoms with Crippen LogP contribution in [-0.2, 0) is 0 Å². The fraction of sp³-hybridized carbons (Fsp3) is 0.333. The van der Waals surface area contributed by atoms with E-state index in [-0.39, 0.29) is 5.91 Å². The van der Waals surface area contributed by atoms with Crippen LogP contribution in [0.2, 0.25) is 0 Å². The van der Waals surface area contributed by atoms with Crippen LogP contribution in [-0.4, -0.2) is 28.9 Å². The van der Waals surface area contributed by atoms with E-state index in [0.29, 0.717) is 11.6 Å². The Morgan fingerprint density at radius 1 is 1.08 bits per heavy atom. The van der Waals surface area contributed by atoms with Crippen LogP contribution in [0.1, 0.15) is 47.1 Å². The van der Waals surface area contributed by atoms with Crippen molar-refractivity contribution in [3.05, 3.63) is 65.0 Å². The predicted molar refractivity (Wildman–Crippen MR) is 98.6 cm³/mol. The van der Waals surface area contributed by atoms with Crippen molar-refractivity contribution in [1.82, 2.24) is 9.88 Å². The van der Waals surface area contributed by atoms with Crippen LogP contribution in [0.4, 0.5) is 0 Å². The Morgan fingerprint density at radius 3 is 2.50 bits per heavy atom. The zero-order valence-electron chi connectivity index (χ0n) is 14.4. The summed E-state index contributed by atoms with van der Waals surface area (Å²) < 4.78 is 0. The van der Waals surface area contributed by atoms with Crippen LogP contribution in [0.3, 0.4) is 0 Å². The molecule has 2 heterocycles. The normalized spacial score (nSPS) is 15.8. The van der Waals surface area contributed by atoms with Gasteiger partial charge in [0, 0.05) is 13.1 Å². The molecule has 0 spiro atoms. The summed E-state index contributed by atoms with van der Waals surface area (Å²) in [6.07, 6.45) is 6.15. The van der Waals surface area contributed by atoms with Crippen molar-refractivity contribution in [2.45, 2.75) is 26.7 Å². The summed E-state index contributed by atoms with van der Waals surface area (Å²) in [6, 6.07) is 14.0. The highest BCUT2D eigenvalue weighted by molar-refractivity contribution is 5.92. The molecule has 0 N–H and O–H groups in total. The quantitative estimate of drug-likeness (QED) is 0.838. The van der Waals surface area contributed by atoms with Crippen molar-refractivity contribution in [3.63, 3.8) is 0 Å². The fourth-order valence-corrected chi connectivity index (χ4v) is 2.90. The summed E-state index contributed by atoms with van der Waals surface area (Å²) in [4.78, 5) is 19.1. The Labute approximate surface area is 144 Å². The molecule has 3 rings (SSSR count). The molecular weight excluding hydrogens is 296 g/mol. The average molecular weight is 320 g/mol. The first-order valence-electron chi connectivity index (χ1n) is 8.63. The van der Waals surface area contributed by atoms with Gasteiger partial charge in [-0.25, -0.2) is 4.98 Å². The van der Waals surface area contributed by atoms with Gasteiger partial charge in [-0.15, -0.1) is 0 Å². The molecule has 1 aliphatic heterocycles. The minimum absolute atomic E-state index is 0.0486. The molecule has 0 saturated carbocycles. The van der Waals surface area contributed by atoms with Crippen LogP contribution in [0, 0.1) is 12.8 Å². The molecule has 3 nitrogen and oxygen atoms in total. The molecule has 1 aliphatic rings. The first-order valence-corrected chi connectivity index (χ1v) is 8.63. The molecule has 1 aromatic heterocycles. The minimum atomic E-state index is 0.0486. The number of likely N-dealkylation sites (tertiary alicyclic amines) is 1. The SMILES string of the molecule is Cc1ccc(/C=C/c2cccc(C(=O)N3CCC(C)CC3)n2)cc1. The first-order chi connectivity index (χ1) is 11.6. The summed E-state index contributed by atoms with van der Waals surface area (Å²) in [7, 11) is 0. The molecule has 24 heavy (non-hydrogen) atoms. The van der Waals surface area contributed by atoms with Crippen LogP contribution < -0.4 is 0 Å². The van der Waals surface area contributed by atoms with Crippen molar-refractivity contribution in [2.24, 2.45) is 5.92 Å². The highest BCUT2D eigenvalue weighted by atomic mass is 16.2. The van der Waals surface area contributed by atoms with Crippen molar-refractivity contribution in [2.75, 3.05) is 13.1 Å². The number of rotatable bonds is 3. The third-order valence-corrected chi connectivity index (χ3v) is 4.58. The van der Waals surface area contributed by atoms with E-state index >= 15 is 0 Å². The van der Waals surface area contributed by atoms with Gasteiger partial charge in [0.2, 0.25) is 0 Å². The maximum Gasteiger partial charge on any atom is 0.272 e. The molecule has 1 fully saturated rings. The van der Waals surface area contributed by atoms with E-state index in [1.165, 1.54) is 5.56 Å². The Balaban J connectivity index is 1.71. The summed E-state index contributed by atoms with van der Waals surface area (Å²) in [5.74, 6) is 0.762. The van der Waals surface area contributed by atoms with E-state index < -0.39 is 0 Å². The molecule has 0 unspecified atom stereocenters. The highest BCUT2D eigenvalue weighted by Crippen LogP contribution is 2.18. The molecule has 0 atom stereocenters. The largest absolute Gasteiger partial charge is 0.337 e. The number of pyridine rings is 1. The summed E-state index contributed by atoms with van der Waals surface area (Å²) in [6.45, 7) is 6.00. The monoisotopic (exact) mass is 320 g/mol. The molecule has 1 amide bonds. The third-order valence-electron chi connectivity index (χ3n) is 4.58. The van der Waals surface area contributed by atoms with Crippen LogP contribution in [0.25, 0.3) is 12.2 Å². The lowest BCUT2D eigenvalue weighted by molar-refractivity contribution is 0.0691. The van der Waals surface area contributed by atoms with Gasteiger partial charge in [-0.2, -0.15) is 0 Å². The van der Waals surface area contributed by atoms with Crippen molar-refractivity contribution >= 4 is 18.1 Å². The van der Waals surface area contributed by atoms with E-state index in [1.807, 2.05) is 35.3 Å². The van der Waals surface area contributed by atoms with Gasteiger partial charge < -0.3 is 4.90 Å². The summed E-state index contributed by atoms with van der Waals surface area (Å²) in [5, 5.41) is 0. The molecule has 2 aromatic rings. The van der Waals surface area contributed by atoms with Crippen LogP contribution in [0.15, 0.2) is 42.5 Å². The number of aryl methyl sites for hydroxylation is 1. The van der Waals surface area contributed by atoms with Crippen molar-refractivity contribution in [1.29, 1.82) is 0 Å². The molecule has 0 aliphatic carbocycles. The molecule has 1 aromatic carbocycles. The Kier molecular flexibility index (Phi) is 5.09. The number of carbonyl (C=O) groups is 1. The lowest BCUT2D eigenvalue weighted by Gasteiger charge is -2.30. The highest BCUT2D eigenvalue weighted by Gasteiger charge is 2.22. The number of aromatic nitrogens is 1. The van der Waals surface area contributed by atoms with E-state index in [9.17, 15) is 4.79 Å². The zero-order valence-corrected chi connectivity index (χ0v) is 14.4. The maximum atomic E-state index is 12.6. The van der Waals surface area contributed by atoms with E-state index in [4.69, 9.17) is 0 Å². The van der Waals surface area contributed by atoms with E-state index in [1.54, 1.807) is 0 Å². The average Bonchev–Trinajstić information content (AvgIpc) is 2.61.